The van der Waals surface area contributed by atoms with Gasteiger partial charge in [0.2, 0.25) is 0 Å². The first-order valence-corrected chi connectivity index (χ1v) is 9.79. The lowest BCUT2D eigenvalue weighted by molar-refractivity contribution is 0.145. The van der Waals surface area contributed by atoms with Crippen molar-refractivity contribution < 1.29 is 13.2 Å². The summed E-state index contributed by atoms with van der Waals surface area (Å²) in [4.78, 5) is 0. The summed E-state index contributed by atoms with van der Waals surface area (Å²) >= 11 is 0. The smallest absolute Gasteiger partial charge is 0.282 e. The molecule has 5 nitrogen and oxygen atoms in total. The van der Waals surface area contributed by atoms with Gasteiger partial charge in [-0.15, -0.1) is 0 Å². The highest BCUT2D eigenvalue weighted by Gasteiger charge is 2.37. The summed E-state index contributed by atoms with van der Waals surface area (Å²) in [6.07, 6.45) is 3.34. The first-order chi connectivity index (χ1) is 11.1. The summed E-state index contributed by atoms with van der Waals surface area (Å²) in [5.41, 5.74) is 1.17. The van der Waals surface area contributed by atoms with Crippen molar-refractivity contribution in [1.82, 2.24) is 8.61 Å². The van der Waals surface area contributed by atoms with Crippen molar-refractivity contribution in [2.24, 2.45) is 0 Å². The van der Waals surface area contributed by atoms with Crippen LogP contribution in [0.15, 0.2) is 30.3 Å². The van der Waals surface area contributed by atoms with E-state index in [0.29, 0.717) is 26.2 Å². The zero-order valence-corrected chi connectivity index (χ0v) is 15.0. The third kappa shape index (κ3) is 4.76. The van der Waals surface area contributed by atoms with Gasteiger partial charge in [-0.05, 0) is 31.2 Å². The summed E-state index contributed by atoms with van der Waals surface area (Å²) in [6.45, 7) is 4.17. The van der Waals surface area contributed by atoms with Crippen LogP contribution in [0.2, 0.25) is 0 Å². The van der Waals surface area contributed by atoms with E-state index >= 15 is 0 Å². The van der Waals surface area contributed by atoms with Gasteiger partial charge >= 0.3 is 0 Å². The normalized spacial score (nSPS) is 19.5. The zero-order chi connectivity index (χ0) is 16.7. The van der Waals surface area contributed by atoms with E-state index < -0.39 is 10.2 Å². The lowest BCUT2D eigenvalue weighted by atomic mass is 10.1. The standard InChI is InChI=1S/C17H28N2O3S/c1-3-12-18(14-11-16-8-5-4-6-9-16)23(20,21)19-13-7-10-17(19)15-22-2/h4-6,8-9,17H,3,7,10-15H2,1-2H3. The van der Waals surface area contributed by atoms with E-state index in [-0.39, 0.29) is 6.04 Å². The van der Waals surface area contributed by atoms with Crippen LogP contribution in [0.3, 0.4) is 0 Å². The molecule has 1 aromatic rings. The Hall–Kier alpha value is -0.950. The van der Waals surface area contributed by atoms with Crippen molar-refractivity contribution in [3.8, 4) is 0 Å². The van der Waals surface area contributed by atoms with E-state index in [9.17, 15) is 8.42 Å². The average molecular weight is 340 g/mol. The van der Waals surface area contributed by atoms with Crippen LogP contribution in [0, 0.1) is 0 Å². The van der Waals surface area contributed by atoms with Crippen LogP contribution >= 0.6 is 0 Å². The van der Waals surface area contributed by atoms with Crippen LogP contribution in [-0.2, 0) is 21.4 Å². The minimum Gasteiger partial charge on any atom is -0.383 e. The molecule has 1 fully saturated rings. The highest BCUT2D eigenvalue weighted by Crippen LogP contribution is 2.24. The van der Waals surface area contributed by atoms with Crippen LogP contribution in [-0.4, -0.2) is 56.4 Å². The maximum atomic E-state index is 13.0. The fraction of sp³-hybridized carbons (Fsp3) is 0.647. The first kappa shape index (κ1) is 18.4. The van der Waals surface area contributed by atoms with Gasteiger partial charge in [0.15, 0.2) is 0 Å². The fourth-order valence-corrected chi connectivity index (χ4v) is 5.05. The van der Waals surface area contributed by atoms with Crippen LogP contribution in [0.1, 0.15) is 31.7 Å². The molecule has 1 heterocycles. The Kier molecular flexibility index (Phi) is 7.02. The molecule has 0 aliphatic carbocycles. The van der Waals surface area contributed by atoms with Gasteiger partial charge in [-0.2, -0.15) is 17.0 Å². The maximum Gasteiger partial charge on any atom is 0.282 e. The molecule has 0 bridgehead atoms. The summed E-state index contributed by atoms with van der Waals surface area (Å²) in [5, 5.41) is 0. The van der Waals surface area contributed by atoms with E-state index in [2.05, 4.69) is 0 Å². The van der Waals surface area contributed by atoms with E-state index in [0.717, 1.165) is 25.7 Å². The number of nitrogens with zero attached hydrogens (tertiary/aromatic N) is 2. The van der Waals surface area contributed by atoms with Crippen LogP contribution in [0.25, 0.3) is 0 Å². The van der Waals surface area contributed by atoms with Gasteiger partial charge in [0.25, 0.3) is 10.2 Å². The molecule has 1 atom stereocenters. The molecule has 0 aromatic heterocycles. The minimum absolute atomic E-state index is 0.0268. The van der Waals surface area contributed by atoms with Gasteiger partial charge in [0, 0.05) is 32.8 Å². The number of ether oxygens (including phenoxy) is 1. The maximum absolute atomic E-state index is 13.0. The first-order valence-electron chi connectivity index (χ1n) is 8.39. The predicted molar refractivity (Wildman–Crippen MR) is 92.5 cm³/mol. The van der Waals surface area contributed by atoms with Gasteiger partial charge < -0.3 is 4.74 Å². The molecule has 1 saturated heterocycles. The Labute approximate surface area is 140 Å². The second kappa shape index (κ2) is 8.78. The number of hydrogen-bond acceptors (Lipinski definition) is 3. The van der Waals surface area contributed by atoms with Crippen molar-refractivity contribution in [2.75, 3.05) is 33.4 Å². The molecule has 0 N–H and O–H groups in total. The topological polar surface area (TPSA) is 49.9 Å². The molecule has 0 radical (unpaired) electrons. The molecular formula is C17H28N2O3S. The Morgan fingerprint density at radius 3 is 2.65 bits per heavy atom. The molecule has 1 aliphatic rings. The van der Waals surface area contributed by atoms with Crippen LogP contribution in [0.4, 0.5) is 0 Å². The Morgan fingerprint density at radius 2 is 2.00 bits per heavy atom. The van der Waals surface area contributed by atoms with Crippen molar-refractivity contribution in [2.45, 2.75) is 38.6 Å². The molecular weight excluding hydrogens is 312 g/mol. The SMILES string of the molecule is CCCN(CCc1ccccc1)S(=O)(=O)N1CCCC1COC. The fourth-order valence-electron chi connectivity index (χ4n) is 3.11. The Bertz CT molecular complexity index is 562. The number of hydrogen-bond donors (Lipinski definition) is 0. The molecule has 23 heavy (non-hydrogen) atoms. The van der Waals surface area contributed by atoms with Crippen molar-refractivity contribution in [1.29, 1.82) is 0 Å². The third-order valence-corrected chi connectivity index (χ3v) is 6.36. The van der Waals surface area contributed by atoms with E-state index in [1.54, 1.807) is 15.7 Å². The van der Waals surface area contributed by atoms with Crippen molar-refractivity contribution in [3.63, 3.8) is 0 Å². The summed E-state index contributed by atoms with van der Waals surface area (Å²) < 4.78 is 34.5. The highest BCUT2D eigenvalue weighted by atomic mass is 32.2. The highest BCUT2D eigenvalue weighted by molar-refractivity contribution is 7.86. The number of rotatable bonds is 9. The molecule has 1 unspecified atom stereocenters. The number of benzene rings is 1. The van der Waals surface area contributed by atoms with Gasteiger partial charge in [0.05, 0.1) is 6.61 Å². The number of methoxy groups -OCH3 is 1. The summed E-state index contributed by atoms with van der Waals surface area (Å²) in [7, 11) is -1.79. The van der Waals surface area contributed by atoms with E-state index in [1.807, 2.05) is 37.3 Å². The van der Waals surface area contributed by atoms with Gasteiger partial charge in [-0.1, -0.05) is 37.3 Å². The van der Waals surface area contributed by atoms with Crippen molar-refractivity contribution in [3.05, 3.63) is 35.9 Å². The third-order valence-electron chi connectivity index (χ3n) is 4.27. The monoisotopic (exact) mass is 340 g/mol. The molecule has 1 aromatic carbocycles. The molecule has 6 heteroatoms. The lowest BCUT2D eigenvalue weighted by Gasteiger charge is -2.30. The summed E-state index contributed by atoms with van der Waals surface area (Å²) in [5.74, 6) is 0. The van der Waals surface area contributed by atoms with Gasteiger partial charge in [-0.25, -0.2) is 0 Å². The summed E-state index contributed by atoms with van der Waals surface area (Å²) in [6, 6.07) is 10.0. The van der Waals surface area contributed by atoms with Crippen molar-refractivity contribution >= 4 is 10.2 Å². The van der Waals surface area contributed by atoms with Gasteiger partial charge in [-0.3, -0.25) is 0 Å². The largest absolute Gasteiger partial charge is 0.383 e. The van der Waals surface area contributed by atoms with Crippen LogP contribution < -0.4 is 0 Å². The molecule has 0 saturated carbocycles. The quantitative estimate of drug-likeness (QED) is 0.693. The lowest BCUT2D eigenvalue weighted by Crippen LogP contribution is -2.48. The average Bonchev–Trinajstić information content (AvgIpc) is 3.02. The molecule has 1 aliphatic heterocycles. The van der Waals surface area contributed by atoms with E-state index in [1.165, 1.54) is 5.56 Å². The molecule has 2 rings (SSSR count). The Morgan fingerprint density at radius 1 is 1.26 bits per heavy atom. The van der Waals surface area contributed by atoms with Gasteiger partial charge in [0.1, 0.15) is 0 Å². The van der Waals surface area contributed by atoms with E-state index in [4.69, 9.17) is 4.74 Å². The molecule has 130 valence electrons. The van der Waals surface area contributed by atoms with Crippen LogP contribution in [0.5, 0.6) is 0 Å². The second-order valence-corrected chi connectivity index (χ2v) is 7.89. The zero-order valence-electron chi connectivity index (χ0n) is 14.1. The Balaban J connectivity index is 2.08. The second-order valence-electron chi connectivity index (χ2n) is 6.00. The minimum atomic E-state index is -3.42. The predicted octanol–water partition coefficient (Wildman–Crippen LogP) is 2.30. The molecule has 0 amide bonds. The molecule has 0 spiro atoms.